The maximum absolute atomic E-state index is 6.19. The van der Waals surface area contributed by atoms with Gasteiger partial charge in [0.05, 0.1) is 6.61 Å². The summed E-state index contributed by atoms with van der Waals surface area (Å²) in [5, 5.41) is 0. The summed E-state index contributed by atoms with van der Waals surface area (Å²) in [4.78, 5) is 2.63. The Labute approximate surface area is 114 Å². The molecule has 1 spiro atoms. The highest BCUT2D eigenvalue weighted by atomic mass is 16.7. The number of piperidine rings is 1. The van der Waals surface area contributed by atoms with Crippen molar-refractivity contribution in [2.24, 2.45) is 0 Å². The number of ether oxygens (including phenoxy) is 2. The van der Waals surface area contributed by atoms with Crippen molar-refractivity contribution in [3.63, 3.8) is 0 Å². The van der Waals surface area contributed by atoms with Gasteiger partial charge in [-0.05, 0) is 18.9 Å². The summed E-state index contributed by atoms with van der Waals surface area (Å²) in [6, 6.07) is 9.08. The molecule has 19 heavy (non-hydrogen) atoms. The van der Waals surface area contributed by atoms with E-state index in [2.05, 4.69) is 17.0 Å². The molecule has 2 heterocycles. The van der Waals surface area contributed by atoms with Gasteiger partial charge in [-0.15, -0.1) is 0 Å². The van der Waals surface area contributed by atoms with Crippen LogP contribution in [0.4, 0.5) is 0 Å². The number of para-hydroxylation sites is 1. The van der Waals surface area contributed by atoms with Crippen LogP contribution in [0.15, 0.2) is 24.3 Å². The first-order chi connectivity index (χ1) is 9.35. The van der Waals surface area contributed by atoms with E-state index < -0.39 is 0 Å². The normalized spacial score (nSPS) is 26.5. The van der Waals surface area contributed by atoms with Gasteiger partial charge in [0, 0.05) is 37.5 Å². The average molecular weight is 259 g/mol. The fourth-order valence-corrected chi connectivity index (χ4v) is 3.39. The summed E-state index contributed by atoms with van der Waals surface area (Å²) in [5.41, 5.74) is 1.18. The summed E-state index contributed by atoms with van der Waals surface area (Å²) < 4.78 is 12.3. The predicted octanol–water partition coefficient (Wildman–Crippen LogP) is 2.94. The number of fused-ring (bicyclic) bond motifs is 1. The Kier molecular flexibility index (Phi) is 2.78. The lowest BCUT2D eigenvalue weighted by atomic mass is 9.89. The summed E-state index contributed by atoms with van der Waals surface area (Å²) >= 11 is 0. The van der Waals surface area contributed by atoms with Gasteiger partial charge in [-0.1, -0.05) is 24.6 Å². The SMILES string of the molecule is c1ccc2c(c1)COC1(CCN(C3CCC3)CC1)O2. The fraction of sp³-hybridized carbons (Fsp3) is 0.625. The molecule has 0 N–H and O–H groups in total. The first-order valence-electron chi connectivity index (χ1n) is 7.50. The third-order valence-corrected chi connectivity index (χ3v) is 4.91. The van der Waals surface area contributed by atoms with Crippen LogP contribution in [0.3, 0.4) is 0 Å². The molecule has 2 fully saturated rings. The number of likely N-dealkylation sites (tertiary alicyclic amines) is 1. The van der Waals surface area contributed by atoms with Crippen LogP contribution in [0.5, 0.6) is 5.75 Å². The maximum Gasteiger partial charge on any atom is 0.213 e. The molecule has 0 amide bonds. The molecule has 1 aromatic rings. The zero-order valence-corrected chi connectivity index (χ0v) is 11.3. The monoisotopic (exact) mass is 259 g/mol. The zero-order chi connectivity index (χ0) is 12.7. The molecule has 3 heteroatoms. The van der Waals surface area contributed by atoms with Gasteiger partial charge in [0.25, 0.3) is 0 Å². The van der Waals surface area contributed by atoms with E-state index in [0.29, 0.717) is 6.61 Å². The van der Waals surface area contributed by atoms with Crippen molar-refractivity contribution in [3.8, 4) is 5.75 Å². The van der Waals surface area contributed by atoms with E-state index in [1.165, 1.54) is 24.8 Å². The van der Waals surface area contributed by atoms with Gasteiger partial charge >= 0.3 is 0 Å². The summed E-state index contributed by atoms with van der Waals surface area (Å²) in [5.74, 6) is 0.667. The molecule has 0 unspecified atom stereocenters. The molecule has 4 rings (SSSR count). The fourth-order valence-electron chi connectivity index (χ4n) is 3.39. The van der Waals surface area contributed by atoms with Crippen molar-refractivity contribution in [1.29, 1.82) is 0 Å². The van der Waals surface area contributed by atoms with Crippen LogP contribution in [0.25, 0.3) is 0 Å². The Morgan fingerprint density at radius 2 is 1.89 bits per heavy atom. The minimum atomic E-state index is -0.353. The largest absolute Gasteiger partial charge is 0.462 e. The lowest BCUT2D eigenvalue weighted by molar-refractivity contribution is -0.231. The van der Waals surface area contributed by atoms with Crippen LogP contribution in [0.1, 0.15) is 37.7 Å². The molecular weight excluding hydrogens is 238 g/mol. The van der Waals surface area contributed by atoms with Gasteiger partial charge in [0.15, 0.2) is 0 Å². The van der Waals surface area contributed by atoms with Crippen molar-refractivity contribution in [2.45, 2.75) is 50.5 Å². The molecule has 1 saturated heterocycles. The second-order valence-corrected chi connectivity index (χ2v) is 6.03. The van der Waals surface area contributed by atoms with Crippen molar-refractivity contribution in [1.82, 2.24) is 4.90 Å². The Bertz CT molecular complexity index is 462. The van der Waals surface area contributed by atoms with E-state index in [4.69, 9.17) is 9.47 Å². The molecule has 0 bridgehead atoms. The third kappa shape index (κ3) is 2.05. The van der Waals surface area contributed by atoms with Crippen molar-refractivity contribution in [3.05, 3.63) is 29.8 Å². The predicted molar refractivity (Wildman–Crippen MR) is 73.0 cm³/mol. The molecule has 2 aliphatic heterocycles. The van der Waals surface area contributed by atoms with Crippen LogP contribution in [-0.2, 0) is 11.3 Å². The van der Waals surface area contributed by atoms with E-state index in [0.717, 1.165) is 37.7 Å². The standard InChI is InChI=1S/C16H21NO2/c1-2-7-15-13(4-1)12-18-16(19-15)8-10-17(11-9-16)14-5-3-6-14/h1-2,4,7,14H,3,5-6,8-12H2. The maximum atomic E-state index is 6.19. The topological polar surface area (TPSA) is 21.7 Å². The Morgan fingerprint density at radius 1 is 1.11 bits per heavy atom. The third-order valence-electron chi connectivity index (χ3n) is 4.91. The van der Waals surface area contributed by atoms with Crippen LogP contribution in [0.2, 0.25) is 0 Å². The highest BCUT2D eigenvalue weighted by Crippen LogP contribution is 2.38. The minimum Gasteiger partial charge on any atom is -0.462 e. The highest BCUT2D eigenvalue weighted by molar-refractivity contribution is 5.34. The van der Waals surface area contributed by atoms with Crippen LogP contribution < -0.4 is 4.74 Å². The van der Waals surface area contributed by atoms with Crippen LogP contribution in [0, 0.1) is 0 Å². The molecule has 102 valence electrons. The first kappa shape index (κ1) is 11.7. The van der Waals surface area contributed by atoms with E-state index in [1.807, 2.05) is 12.1 Å². The molecule has 3 nitrogen and oxygen atoms in total. The lowest BCUT2D eigenvalue weighted by Crippen LogP contribution is -2.54. The first-order valence-corrected chi connectivity index (χ1v) is 7.50. The highest BCUT2D eigenvalue weighted by Gasteiger charge is 2.42. The summed E-state index contributed by atoms with van der Waals surface area (Å²) in [6.07, 6.45) is 6.18. The van der Waals surface area contributed by atoms with Crippen molar-refractivity contribution >= 4 is 0 Å². The Hall–Kier alpha value is -1.06. The molecule has 0 atom stereocenters. The minimum absolute atomic E-state index is 0.353. The molecule has 0 aromatic heterocycles. The molecular formula is C16H21NO2. The number of benzene rings is 1. The van der Waals surface area contributed by atoms with Gasteiger partial charge in [0.1, 0.15) is 5.75 Å². The van der Waals surface area contributed by atoms with E-state index in [-0.39, 0.29) is 5.79 Å². The van der Waals surface area contributed by atoms with Gasteiger partial charge < -0.3 is 9.47 Å². The number of hydrogen-bond donors (Lipinski definition) is 0. The van der Waals surface area contributed by atoms with E-state index in [1.54, 1.807) is 0 Å². The van der Waals surface area contributed by atoms with Gasteiger partial charge in [-0.2, -0.15) is 0 Å². The second kappa shape index (κ2) is 4.50. The number of nitrogens with zero attached hydrogens (tertiary/aromatic N) is 1. The van der Waals surface area contributed by atoms with Crippen molar-refractivity contribution < 1.29 is 9.47 Å². The van der Waals surface area contributed by atoms with Gasteiger partial charge in [-0.3, -0.25) is 4.90 Å². The van der Waals surface area contributed by atoms with E-state index in [9.17, 15) is 0 Å². The molecule has 1 aromatic carbocycles. The molecule has 3 aliphatic rings. The smallest absolute Gasteiger partial charge is 0.213 e. The Morgan fingerprint density at radius 3 is 2.63 bits per heavy atom. The summed E-state index contributed by atoms with van der Waals surface area (Å²) in [7, 11) is 0. The van der Waals surface area contributed by atoms with Crippen LogP contribution >= 0.6 is 0 Å². The van der Waals surface area contributed by atoms with Gasteiger partial charge in [0.2, 0.25) is 5.79 Å². The van der Waals surface area contributed by atoms with Crippen LogP contribution in [-0.4, -0.2) is 29.8 Å². The van der Waals surface area contributed by atoms with Gasteiger partial charge in [-0.25, -0.2) is 0 Å². The zero-order valence-electron chi connectivity index (χ0n) is 11.3. The Balaban J connectivity index is 1.46. The molecule has 1 saturated carbocycles. The van der Waals surface area contributed by atoms with E-state index >= 15 is 0 Å². The molecule has 1 aliphatic carbocycles. The number of rotatable bonds is 1. The summed E-state index contributed by atoms with van der Waals surface area (Å²) in [6.45, 7) is 2.93. The number of hydrogen-bond acceptors (Lipinski definition) is 3. The average Bonchev–Trinajstić information content (AvgIpc) is 2.40. The quantitative estimate of drug-likeness (QED) is 0.774. The second-order valence-electron chi connectivity index (χ2n) is 6.03. The molecule has 0 radical (unpaired) electrons. The van der Waals surface area contributed by atoms with Crippen molar-refractivity contribution in [2.75, 3.05) is 13.1 Å². The lowest BCUT2D eigenvalue weighted by Gasteiger charge is -2.47.